The van der Waals surface area contributed by atoms with E-state index in [1.54, 1.807) is 0 Å². The third-order valence-corrected chi connectivity index (χ3v) is 6.07. The van der Waals surface area contributed by atoms with Gasteiger partial charge in [0.05, 0.1) is 13.2 Å². The monoisotopic (exact) mass is 408 g/mol. The minimum Gasteiger partial charge on any atom is -0.481 e. The zero-order valence-electron chi connectivity index (χ0n) is 17.9. The Balaban J connectivity index is 1.32. The van der Waals surface area contributed by atoms with Crippen molar-refractivity contribution in [3.8, 4) is 5.75 Å². The molecule has 30 heavy (non-hydrogen) atoms. The summed E-state index contributed by atoms with van der Waals surface area (Å²) in [5.74, 6) is 0.694. The van der Waals surface area contributed by atoms with Crippen LogP contribution in [0.3, 0.4) is 0 Å². The number of aryl methyl sites for hydroxylation is 2. The highest BCUT2D eigenvalue weighted by Gasteiger charge is 2.17. The van der Waals surface area contributed by atoms with Gasteiger partial charge in [-0.3, -0.25) is 9.69 Å². The molecule has 1 saturated heterocycles. The molecular formula is C25H32N2O3. The molecule has 1 aliphatic carbocycles. The lowest BCUT2D eigenvalue weighted by molar-refractivity contribution is -0.127. The maximum absolute atomic E-state index is 12.6. The van der Waals surface area contributed by atoms with Crippen molar-refractivity contribution in [2.45, 2.75) is 51.8 Å². The maximum atomic E-state index is 12.6. The number of amides is 1. The summed E-state index contributed by atoms with van der Waals surface area (Å²) in [4.78, 5) is 15.0. The summed E-state index contributed by atoms with van der Waals surface area (Å²) in [7, 11) is 0. The Morgan fingerprint density at radius 2 is 1.80 bits per heavy atom. The number of carbonyl (C=O) groups is 1. The van der Waals surface area contributed by atoms with Crippen LogP contribution in [-0.4, -0.2) is 43.2 Å². The number of ether oxygens (including phenoxy) is 2. The van der Waals surface area contributed by atoms with Crippen molar-refractivity contribution in [3.63, 3.8) is 0 Å². The Kier molecular flexibility index (Phi) is 7.03. The molecule has 160 valence electrons. The van der Waals surface area contributed by atoms with E-state index in [1.807, 2.05) is 19.1 Å². The van der Waals surface area contributed by atoms with Gasteiger partial charge in [0.25, 0.3) is 5.91 Å². The lowest BCUT2D eigenvalue weighted by Crippen LogP contribution is -2.37. The van der Waals surface area contributed by atoms with Crippen LogP contribution >= 0.6 is 0 Å². The highest BCUT2D eigenvalue weighted by molar-refractivity contribution is 5.80. The Hall–Kier alpha value is -2.37. The van der Waals surface area contributed by atoms with Crippen molar-refractivity contribution < 1.29 is 14.3 Å². The number of fused-ring (bicyclic) bond motifs is 1. The predicted octanol–water partition coefficient (Wildman–Crippen LogP) is 3.48. The molecule has 2 aromatic rings. The molecule has 1 amide bonds. The minimum absolute atomic E-state index is 0.0890. The number of hydrogen-bond acceptors (Lipinski definition) is 4. The van der Waals surface area contributed by atoms with Gasteiger partial charge in [-0.15, -0.1) is 0 Å². The van der Waals surface area contributed by atoms with Crippen LogP contribution < -0.4 is 10.1 Å². The van der Waals surface area contributed by atoms with Gasteiger partial charge in [0.15, 0.2) is 6.10 Å². The molecule has 5 heteroatoms. The summed E-state index contributed by atoms with van der Waals surface area (Å²) < 4.78 is 11.4. The molecule has 0 saturated carbocycles. The molecule has 1 atom stereocenters. The molecule has 1 fully saturated rings. The highest BCUT2D eigenvalue weighted by atomic mass is 16.5. The van der Waals surface area contributed by atoms with Gasteiger partial charge in [0.2, 0.25) is 0 Å². The van der Waals surface area contributed by atoms with E-state index in [0.29, 0.717) is 6.54 Å². The highest BCUT2D eigenvalue weighted by Crippen LogP contribution is 2.26. The first kappa shape index (κ1) is 20.9. The van der Waals surface area contributed by atoms with Crippen LogP contribution in [0.5, 0.6) is 5.75 Å². The van der Waals surface area contributed by atoms with Crippen LogP contribution in [0.2, 0.25) is 0 Å². The fourth-order valence-electron chi connectivity index (χ4n) is 4.25. The smallest absolute Gasteiger partial charge is 0.261 e. The second kappa shape index (κ2) is 10.1. The number of benzene rings is 2. The van der Waals surface area contributed by atoms with E-state index < -0.39 is 6.10 Å². The lowest BCUT2D eigenvalue weighted by atomic mass is 9.92. The van der Waals surface area contributed by atoms with Gasteiger partial charge in [-0.05, 0) is 67.0 Å². The largest absolute Gasteiger partial charge is 0.481 e. The molecule has 5 nitrogen and oxygen atoms in total. The predicted molar refractivity (Wildman–Crippen MR) is 118 cm³/mol. The molecule has 0 aromatic heterocycles. The molecule has 0 unspecified atom stereocenters. The molecule has 1 aliphatic heterocycles. The minimum atomic E-state index is -0.530. The van der Waals surface area contributed by atoms with E-state index >= 15 is 0 Å². The van der Waals surface area contributed by atoms with Crippen LogP contribution in [0.15, 0.2) is 42.5 Å². The van der Waals surface area contributed by atoms with Crippen molar-refractivity contribution in [2.75, 3.05) is 26.3 Å². The molecule has 0 bridgehead atoms. The van der Waals surface area contributed by atoms with Crippen LogP contribution in [0.1, 0.15) is 42.0 Å². The zero-order valence-corrected chi connectivity index (χ0v) is 17.9. The molecule has 2 aliphatic rings. The van der Waals surface area contributed by atoms with Crippen molar-refractivity contribution in [1.29, 1.82) is 0 Å². The topological polar surface area (TPSA) is 50.8 Å². The first-order valence-corrected chi connectivity index (χ1v) is 11.1. The summed E-state index contributed by atoms with van der Waals surface area (Å²) in [5.41, 5.74) is 5.19. The van der Waals surface area contributed by atoms with Crippen LogP contribution in [-0.2, 0) is 35.5 Å². The van der Waals surface area contributed by atoms with Gasteiger partial charge in [-0.1, -0.05) is 30.3 Å². The van der Waals surface area contributed by atoms with Crippen molar-refractivity contribution >= 4 is 5.91 Å². The van der Waals surface area contributed by atoms with Gasteiger partial charge in [-0.2, -0.15) is 0 Å². The summed E-state index contributed by atoms with van der Waals surface area (Å²) in [6, 6.07) is 14.6. The first-order valence-electron chi connectivity index (χ1n) is 11.1. The number of hydrogen-bond donors (Lipinski definition) is 1. The Morgan fingerprint density at radius 3 is 2.60 bits per heavy atom. The van der Waals surface area contributed by atoms with E-state index in [1.165, 1.54) is 29.5 Å². The van der Waals surface area contributed by atoms with E-state index in [4.69, 9.17) is 9.47 Å². The van der Waals surface area contributed by atoms with Crippen LogP contribution in [0.25, 0.3) is 0 Å². The zero-order chi connectivity index (χ0) is 20.8. The van der Waals surface area contributed by atoms with Gasteiger partial charge < -0.3 is 14.8 Å². The SMILES string of the molecule is C[C@H](Oc1ccc2c(c1)CCCC2)C(=O)NCc1ccccc1CN1CCOCC1. The van der Waals surface area contributed by atoms with E-state index in [9.17, 15) is 4.79 Å². The van der Waals surface area contributed by atoms with Crippen molar-refractivity contribution in [1.82, 2.24) is 10.2 Å². The average molecular weight is 409 g/mol. The second-order valence-electron chi connectivity index (χ2n) is 8.27. The van der Waals surface area contributed by atoms with Gasteiger partial charge in [-0.25, -0.2) is 0 Å². The molecule has 1 N–H and O–H groups in total. The fraction of sp³-hybridized carbons (Fsp3) is 0.480. The van der Waals surface area contributed by atoms with Gasteiger partial charge >= 0.3 is 0 Å². The number of nitrogens with one attached hydrogen (secondary N) is 1. The second-order valence-corrected chi connectivity index (χ2v) is 8.27. The Labute approximate surface area is 179 Å². The maximum Gasteiger partial charge on any atom is 0.261 e. The summed E-state index contributed by atoms with van der Waals surface area (Å²) in [6.07, 6.45) is 4.22. The van der Waals surface area contributed by atoms with Gasteiger partial charge in [0.1, 0.15) is 5.75 Å². The van der Waals surface area contributed by atoms with Gasteiger partial charge in [0, 0.05) is 26.2 Å². The molecule has 0 radical (unpaired) electrons. The van der Waals surface area contributed by atoms with E-state index in [2.05, 4.69) is 40.5 Å². The lowest BCUT2D eigenvalue weighted by Gasteiger charge is -2.27. The first-order chi connectivity index (χ1) is 14.7. The summed E-state index contributed by atoms with van der Waals surface area (Å²) >= 11 is 0. The standard InChI is InChI=1S/C25H32N2O3/c1-19(30-24-11-10-20-6-2-3-7-21(20)16-24)25(28)26-17-22-8-4-5-9-23(22)18-27-12-14-29-15-13-27/h4-5,8-11,16,19H,2-3,6-7,12-15,17-18H2,1H3,(H,26,28)/t19-/m0/s1. The third kappa shape index (κ3) is 5.41. The van der Waals surface area contributed by atoms with Crippen molar-refractivity contribution in [2.24, 2.45) is 0 Å². The van der Waals surface area contributed by atoms with Crippen LogP contribution in [0.4, 0.5) is 0 Å². The van der Waals surface area contributed by atoms with E-state index in [-0.39, 0.29) is 5.91 Å². The van der Waals surface area contributed by atoms with Crippen LogP contribution in [0, 0.1) is 0 Å². The third-order valence-electron chi connectivity index (χ3n) is 6.07. The Morgan fingerprint density at radius 1 is 1.07 bits per heavy atom. The molecule has 2 aromatic carbocycles. The normalized spacial score (nSPS) is 17.8. The fourth-order valence-corrected chi connectivity index (χ4v) is 4.25. The van der Waals surface area contributed by atoms with E-state index in [0.717, 1.165) is 57.0 Å². The Bertz CT molecular complexity index is 861. The number of rotatable bonds is 7. The molecular weight excluding hydrogens is 376 g/mol. The van der Waals surface area contributed by atoms with Crippen molar-refractivity contribution in [3.05, 3.63) is 64.7 Å². The summed E-state index contributed by atoms with van der Waals surface area (Å²) in [6.45, 7) is 6.69. The summed E-state index contributed by atoms with van der Waals surface area (Å²) in [5, 5.41) is 3.05. The number of carbonyl (C=O) groups excluding carboxylic acids is 1. The molecule has 1 heterocycles. The number of morpholine rings is 1. The molecule has 4 rings (SSSR count). The quantitative estimate of drug-likeness (QED) is 0.762. The molecule has 0 spiro atoms. The average Bonchev–Trinajstić information content (AvgIpc) is 2.79. The number of nitrogens with zero attached hydrogens (tertiary/aromatic N) is 1.